The first-order valence-electron chi connectivity index (χ1n) is 9.46. The number of anilines is 1. The molecule has 3 aromatic rings. The zero-order valence-corrected chi connectivity index (χ0v) is 15.1. The van der Waals surface area contributed by atoms with Crippen molar-refractivity contribution >= 4 is 5.88 Å². The zero-order chi connectivity index (χ0) is 19.1. The molecule has 0 N–H and O–H groups in total. The summed E-state index contributed by atoms with van der Waals surface area (Å²) in [6, 6.07) is 8.18. The molecular formula is C20H18FN5O2. The molecule has 1 saturated heterocycles. The van der Waals surface area contributed by atoms with E-state index < -0.39 is 0 Å². The molecule has 2 fully saturated rings. The summed E-state index contributed by atoms with van der Waals surface area (Å²) in [7, 11) is 0. The van der Waals surface area contributed by atoms with Crippen LogP contribution in [0.2, 0.25) is 0 Å². The molecule has 28 heavy (non-hydrogen) atoms. The zero-order valence-electron chi connectivity index (χ0n) is 15.1. The van der Waals surface area contributed by atoms with E-state index >= 15 is 0 Å². The molecule has 1 saturated carbocycles. The number of hydrogen-bond donors (Lipinski definition) is 0. The van der Waals surface area contributed by atoms with Gasteiger partial charge in [0.05, 0.1) is 0 Å². The number of nitrogens with zero attached hydrogens (tertiary/aromatic N) is 5. The number of benzene rings is 1. The molecule has 8 heteroatoms. The second-order valence-electron chi connectivity index (χ2n) is 7.32. The van der Waals surface area contributed by atoms with E-state index in [-0.39, 0.29) is 11.7 Å². The van der Waals surface area contributed by atoms with Gasteiger partial charge in [-0.2, -0.15) is 10.2 Å². The SMILES string of the molecule is N#Cc1nc(C2CC2)oc1N1CCC(c2nc(-c3ccc(F)cc3)no2)CC1. The third kappa shape index (κ3) is 3.13. The molecule has 5 rings (SSSR count). The Morgan fingerprint density at radius 2 is 1.71 bits per heavy atom. The molecule has 1 aliphatic carbocycles. The lowest BCUT2D eigenvalue weighted by atomic mass is 9.97. The van der Waals surface area contributed by atoms with Crippen LogP contribution in [-0.4, -0.2) is 28.2 Å². The molecule has 3 heterocycles. The second kappa shape index (κ2) is 6.75. The van der Waals surface area contributed by atoms with Crippen LogP contribution in [0.25, 0.3) is 11.4 Å². The fraction of sp³-hybridized carbons (Fsp3) is 0.400. The Kier molecular flexibility index (Phi) is 4.08. The largest absolute Gasteiger partial charge is 0.423 e. The van der Waals surface area contributed by atoms with Crippen molar-refractivity contribution in [2.24, 2.45) is 0 Å². The van der Waals surface area contributed by atoms with Crippen LogP contribution in [-0.2, 0) is 0 Å². The first kappa shape index (κ1) is 16.9. The standard InChI is InChI=1S/C20H18FN5O2/c21-15-5-3-12(4-6-15)17-24-19(28-25-17)14-7-9-26(10-8-14)20-16(11-22)23-18(27-20)13-1-2-13/h3-6,13-14H,1-2,7-10H2. The highest BCUT2D eigenvalue weighted by Gasteiger charge is 2.33. The van der Waals surface area contributed by atoms with E-state index in [2.05, 4.69) is 26.1 Å². The predicted octanol–water partition coefficient (Wildman–Crippen LogP) is 4.00. The second-order valence-corrected chi connectivity index (χ2v) is 7.32. The van der Waals surface area contributed by atoms with Gasteiger partial charge < -0.3 is 13.8 Å². The van der Waals surface area contributed by atoms with Gasteiger partial charge >= 0.3 is 0 Å². The van der Waals surface area contributed by atoms with Crippen molar-refractivity contribution in [3.63, 3.8) is 0 Å². The molecule has 2 aromatic heterocycles. The summed E-state index contributed by atoms with van der Waals surface area (Å²) in [6.45, 7) is 1.46. The van der Waals surface area contributed by atoms with Gasteiger partial charge in [-0.1, -0.05) is 5.16 Å². The van der Waals surface area contributed by atoms with Gasteiger partial charge in [0.2, 0.25) is 29.2 Å². The molecule has 0 amide bonds. The van der Waals surface area contributed by atoms with Gasteiger partial charge in [-0.3, -0.25) is 0 Å². The van der Waals surface area contributed by atoms with Crippen molar-refractivity contribution in [1.29, 1.82) is 5.26 Å². The lowest BCUT2D eigenvalue weighted by Crippen LogP contribution is -2.33. The summed E-state index contributed by atoms with van der Waals surface area (Å²) >= 11 is 0. The third-order valence-corrected chi connectivity index (χ3v) is 5.33. The molecule has 1 aromatic carbocycles. The van der Waals surface area contributed by atoms with Gasteiger partial charge in [0.15, 0.2) is 0 Å². The Morgan fingerprint density at radius 3 is 2.39 bits per heavy atom. The number of halogens is 1. The Hall–Kier alpha value is -3.21. The molecule has 0 atom stereocenters. The van der Waals surface area contributed by atoms with Crippen LogP contribution >= 0.6 is 0 Å². The highest BCUT2D eigenvalue weighted by molar-refractivity contribution is 5.54. The Labute approximate surface area is 160 Å². The predicted molar refractivity (Wildman–Crippen MR) is 97.1 cm³/mol. The summed E-state index contributed by atoms with van der Waals surface area (Å²) < 4.78 is 24.4. The highest BCUT2D eigenvalue weighted by Crippen LogP contribution is 2.42. The lowest BCUT2D eigenvalue weighted by Gasteiger charge is -2.29. The normalized spacial score (nSPS) is 17.6. The summed E-state index contributed by atoms with van der Waals surface area (Å²) in [6.07, 6.45) is 3.80. The van der Waals surface area contributed by atoms with Crippen molar-refractivity contribution in [2.45, 2.75) is 37.5 Å². The van der Waals surface area contributed by atoms with Crippen molar-refractivity contribution in [1.82, 2.24) is 15.1 Å². The summed E-state index contributed by atoms with van der Waals surface area (Å²) in [5, 5.41) is 13.4. The van der Waals surface area contributed by atoms with Gasteiger partial charge in [0.1, 0.15) is 11.9 Å². The minimum Gasteiger partial charge on any atom is -0.423 e. The van der Waals surface area contributed by atoms with E-state index in [4.69, 9.17) is 8.94 Å². The topological polar surface area (TPSA) is 92.0 Å². The maximum absolute atomic E-state index is 13.1. The number of rotatable bonds is 4. The summed E-state index contributed by atoms with van der Waals surface area (Å²) in [4.78, 5) is 10.9. The molecule has 1 aliphatic heterocycles. The van der Waals surface area contributed by atoms with E-state index in [1.54, 1.807) is 12.1 Å². The van der Waals surface area contributed by atoms with Gasteiger partial charge in [0, 0.05) is 30.5 Å². The fourth-order valence-electron chi connectivity index (χ4n) is 3.57. The monoisotopic (exact) mass is 379 g/mol. The highest BCUT2D eigenvalue weighted by atomic mass is 19.1. The molecule has 2 aliphatic rings. The molecule has 0 unspecified atom stereocenters. The van der Waals surface area contributed by atoms with E-state index in [1.807, 2.05) is 0 Å². The van der Waals surface area contributed by atoms with Crippen LogP contribution in [0.5, 0.6) is 0 Å². The minimum atomic E-state index is -0.297. The average molecular weight is 379 g/mol. The maximum Gasteiger partial charge on any atom is 0.234 e. The molecule has 0 radical (unpaired) electrons. The van der Waals surface area contributed by atoms with E-state index in [9.17, 15) is 9.65 Å². The summed E-state index contributed by atoms with van der Waals surface area (Å²) in [5.74, 6) is 2.56. The fourth-order valence-corrected chi connectivity index (χ4v) is 3.57. The van der Waals surface area contributed by atoms with E-state index in [0.717, 1.165) is 44.3 Å². The first-order chi connectivity index (χ1) is 13.7. The molecule has 0 bridgehead atoms. The van der Waals surface area contributed by atoms with Crippen molar-refractivity contribution in [3.05, 3.63) is 47.6 Å². The van der Waals surface area contributed by atoms with Crippen LogP contribution in [0.1, 0.15) is 55.0 Å². The minimum absolute atomic E-state index is 0.148. The van der Waals surface area contributed by atoms with Gasteiger partial charge in [-0.15, -0.1) is 0 Å². The van der Waals surface area contributed by atoms with Crippen LogP contribution in [0, 0.1) is 17.1 Å². The first-order valence-corrected chi connectivity index (χ1v) is 9.46. The number of piperidine rings is 1. The van der Waals surface area contributed by atoms with Gasteiger partial charge in [-0.05, 0) is 49.9 Å². The van der Waals surface area contributed by atoms with E-state index in [0.29, 0.717) is 35.1 Å². The number of hydrogen-bond acceptors (Lipinski definition) is 7. The number of aromatic nitrogens is 3. The van der Waals surface area contributed by atoms with Crippen molar-refractivity contribution in [3.8, 4) is 17.5 Å². The number of nitriles is 1. The number of oxazole rings is 1. The molecule has 142 valence electrons. The smallest absolute Gasteiger partial charge is 0.234 e. The molecule has 0 spiro atoms. The lowest BCUT2D eigenvalue weighted by molar-refractivity contribution is 0.326. The average Bonchev–Trinajstić information content (AvgIpc) is 3.30. The summed E-state index contributed by atoms with van der Waals surface area (Å²) in [5.41, 5.74) is 1.10. The Morgan fingerprint density at radius 1 is 1.00 bits per heavy atom. The van der Waals surface area contributed by atoms with Crippen molar-refractivity contribution < 1.29 is 13.3 Å². The molecular weight excluding hydrogens is 361 g/mol. The van der Waals surface area contributed by atoms with Gasteiger partial charge in [-0.25, -0.2) is 9.37 Å². The van der Waals surface area contributed by atoms with Crippen LogP contribution < -0.4 is 4.90 Å². The van der Waals surface area contributed by atoms with Crippen LogP contribution in [0.4, 0.5) is 10.3 Å². The Balaban J connectivity index is 1.28. The van der Waals surface area contributed by atoms with E-state index in [1.165, 1.54) is 12.1 Å². The third-order valence-electron chi connectivity index (χ3n) is 5.33. The van der Waals surface area contributed by atoms with Crippen molar-refractivity contribution in [2.75, 3.05) is 18.0 Å². The maximum atomic E-state index is 13.1. The quantitative estimate of drug-likeness (QED) is 0.676. The Bertz CT molecular complexity index is 1020. The molecule has 7 nitrogen and oxygen atoms in total. The van der Waals surface area contributed by atoms with Crippen LogP contribution in [0.15, 0.2) is 33.2 Å². The van der Waals surface area contributed by atoms with Gasteiger partial charge in [0.25, 0.3) is 0 Å². The van der Waals surface area contributed by atoms with Crippen LogP contribution in [0.3, 0.4) is 0 Å².